The summed E-state index contributed by atoms with van der Waals surface area (Å²) in [6.45, 7) is 0.627. The van der Waals surface area contributed by atoms with Gasteiger partial charge in [-0.25, -0.2) is 15.8 Å². The topological polar surface area (TPSA) is 98.0 Å². The number of nitrogens with two attached hydrogens (primary N) is 1. The van der Waals surface area contributed by atoms with Crippen LogP contribution >= 0.6 is 11.3 Å². The molecule has 90 valence electrons. The first-order valence-corrected chi connectivity index (χ1v) is 5.70. The maximum Gasteiger partial charge on any atom is 0.205 e. The van der Waals surface area contributed by atoms with Gasteiger partial charge >= 0.3 is 0 Å². The van der Waals surface area contributed by atoms with E-state index in [2.05, 4.69) is 25.7 Å². The molecule has 0 aromatic carbocycles. The Kier molecular flexibility index (Phi) is 3.68. The summed E-state index contributed by atoms with van der Waals surface area (Å²) >= 11 is 1.57. The molecule has 0 fully saturated rings. The van der Waals surface area contributed by atoms with Gasteiger partial charge in [-0.05, 0) is 0 Å². The van der Waals surface area contributed by atoms with E-state index in [0.717, 1.165) is 4.88 Å². The van der Waals surface area contributed by atoms with Gasteiger partial charge in [0.2, 0.25) is 5.75 Å². The zero-order valence-electron chi connectivity index (χ0n) is 9.17. The molecule has 4 N–H and O–H groups in total. The van der Waals surface area contributed by atoms with E-state index < -0.39 is 0 Å². The third kappa shape index (κ3) is 2.60. The van der Waals surface area contributed by atoms with Crippen LogP contribution in [0.5, 0.6) is 5.75 Å². The second-order valence-electron chi connectivity index (χ2n) is 3.07. The molecule has 0 amide bonds. The van der Waals surface area contributed by atoms with Gasteiger partial charge in [-0.1, -0.05) is 0 Å². The second-order valence-corrected chi connectivity index (χ2v) is 4.04. The molecule has 0 bridgehead atoms. The molecule has 0 aliphatic rings. The number of aromatic nitrogens is 3. The summed E-state index contributed by atoms with van der Waals surface area (Å²) in [7, 11) is 1.54. The molecule has 17 heavy (non-hydrogen) atoms. The SMILES string of the molecule is COc1c(NN)ncnc1NCc1cncs1. The number of nitrogens with zero attached hydrogens (tertiary/aromatic N) is 3. The molecular formula is C9H12N6OS. The summed E-state index contributed by atoms with van der Waals surface area (Å²) in [6, 6.07) is 0. The van der Waals surface area contributed by atoms with Gasteiger partial charge in [0.05, 0.1) is 19.2 Å². The molecule has 0 radical (unpaired) electrons. The van der Waals surface area contributed by atoms with Crippen molar-refractivity contribution in [1.82, 2.24) is 15.0 Å². The van der Waals surface area contributed by atoms with Crippen LogP contribution in [0.2, 0.25) is 0 Å². The normalized spacial score (nSPS) is 10.0. The van der Waals surface area contributed by atoms with E-state index in [1.165, 1.54) is 13.4 Å². The van der Waals surface area contributed by atoms with Gasteiger partial charge in [0.1, 0.15) is 6.33 Å². The highest BCUT2D eigenvalue weighted by Gasteiger charge is 2.10. The van der Waals surface area contributed by atoms with Crippen molar-refractivity contribution in [1.29, 1.82) is 0 Å². The minimum absolute atomic E-state index is 0.439. The Morgan fingerprint density at radius 2 is 2.24 bits per heavy atom. The van der Waals surface area contributed by atoms with Crippen LogP contribution in [-0.2, 0) is 6.54 Å². The lowest BCUT2D eigenvalue weighted by molar-refractivity contribution is 0.414. The molecule has 0 atom stereocenters. The van der Waals surface area contributed by atoms with Crippen molar-refractivity contribution in [2.75, 3.05) is 17.9 Å². The average molecular weight is 252 g/mol. The molecule has 0 spiro atoms. The molecule has 0 saturated carbocycles. The first-order chi connectivity index (χ1) is 8.35. The van der Waals surface area contributed by atoms with Gasteiger partial charge in [0.25, 0.3) is 0 Å². The van der Waals surface area contributed by atoms with E-state index in [1.807, 2.05) is 0 Å². The summed E-state index contributed by atoms with van der Waals surface area (Å²) in [5.74, 6) is 6.84. The Morgan fingerprint density at radius 3 is 2.88 bits per heavy atom. The van der Waals surface area contributed by atoms with Crippen molar-refractivity contribution in [2.24, 2.45) is 5.84 Å². The minimum atomic E-state index is 0.439. The number of hydrogen-bond acceptors (Lipinski definition) is 8. The minimum Gasteiger partial charge on any atom is -0.490 e. The molecule has 0 aliphatic carbocycles. The number of hydrogen-bond donors (Lipinski definition) is 3. The molecule has 8 heteroatoms. The lowest BCUT2D eigenvalue weighted by atomic mass is 10.4. The number of anilines is 2. The lowest BCUT2D eigenvalue weighted by Crippen LogP contribution is -2.12. The maximum atomic E-state index is 5.33. The highest BCUT2D eigenvalue weighted by molar-refractivity contribution is 7.09. The van der Waals surface area contributed by atoms with Crippen LogP contribution in [0.1, 0.15) is 4.88 Å². The number of nitrogen functional groups attached to an aromatic ring is 1. The van der Waals surface area contributed by atoms with Gasteiger partial charge in [-0.3, -0.25) is 4.98 Å². The predicted molar refractivity (Wildman–Crippen MR) is 65.8 cm³/mol. The van der Waals surface area contributed by atoms with Gasteiger partial charge in [0.15, 0.2) is 11.6 Å². The number of thiazole rings is 1. The Bertz CT molecular complexity index is 474. The van der Waals surface area contributed by atoms with Crippen LogP contribution in [0, 0.1) is 0 Å². The first kappa shape index (κ1) is 11.6. The molecule has 2 aromatic heterocycles. The molecule has 7 nitrogen and oxygen atoms in total. The number of methoxy groups -OCH3 is 1. The highest BCUT2D eigenvalue weighted by atomic mass is 32.1. The van der Waals surface area contributed by atoms with E-state index in [4.69, 9.17) is 10.6 Å². The Morgan fingerprint density at radius 1 is 1.41 bits per heavy atom. The second kappa shape index (κ2) is 5.41. The highest BCUT2D eigenvalue weighted by Crippen LogP contribution is 2.28. The lowest BCUT2D eigenvalue weighted by Gasteiger charge is -2.11. The third-order valence-corrected chi connectivity index (χ3v) is 2.84. The fourth-order valence-electron chi connectivity index (χ4n) is 1.30. The third-order valence-electron chi connectivity index (χ3n) is 2.06. The molecule has 2 rings (SSSR count). The molecule has 2 heterocycles. The zero-order chi connectivity index (χ0) is 12.1. The number of ether oxygens (including phenoxy) is 1. The van der Waals surface area contributed by atoms with E-state index in [1.54, 1.807) is 23.0 Å². The number of rotatable bonds is 5. The van der Waals surface area contributed by atoms with Gasteiger partial charge in [-0.15, -0.1) is 11.3 Å². The fraction of sp³-hybridized carbons (Fsp3) is 0.222. The van der Waals surface area contributed by atoms with Crippen molar-refractivity contribution in [3.05, 3.63) is 22.9 Å². The summed E-state index contributed by atoms with van der Waals surface area (Å²) in [6.07, 6.45) is 3.21. The molecule has 0 saturated heterocycles. The summed E-state index contributed by atoms with van der Waals surface area (Å²) in [5, 5.41) is 3.14. The summed E-state index contributed by atoms with van der Waals surface area (Å²) < 4.78 is 5.20. The van der Waals surface area contributed by atoms with Crippen molar-refractivity contribution >= 4 is 23.0 Å². The quantitative estimate of drug-likeness (QED) is 0.535. The van der Waals surface area contributed by atoms with Gasteiger partial charge < -0.3 is 15.5 Å². The Labute approximate surface area is 102 Å². The average Bonchev–Trinajstić information content (AvgIpc) is 2.88. The largest absolute Gasteiger partial charge is 0.490 e. The molecule has 2 aromatic rings. The smallest absolute Gasteiger partial charge is 0.205 e. The zero-order valence-corrected chi connectivity index (χ0v) is 9.99. The van der Waals surface area contributed by atoms with Crippen LogP contribution in [0.4, 0.5) is 11.6 Å². The predicted octanol–water partition coefficient (Wildman–Crippen LogP) is 0.839. The summed E-state index contributed by atoms with van der Waals surface area (Å²) in [5.41, 5.74) is 4.23. The first-order valence-electron chi connectivity index (χ1n) is 4.82. The van der Waals surface area contributed by atoms with Crippen molar-refractivity contribution in [3.8, 4) is 5.75 Å². The van der Waals surface area contributed by atoms with Crippen LogP contribution < -0.4 is 21.3 Å². The fourth-order valence-corrected chi connectivity index (χ4v) is 1.83. The van der Waals surface area contributed by atoms with E-state index >= 15 is 0 Å². The standard InChI is InChI=1S/C9H12N6OS/c1-16-7-8(13-4-14-9(7)15-10)12-3-6-2-11-5-17-6/h2,4-5H,3,10H2,1H3,(H2,12,13,14,15). The van der Waals surface area contributed by atoms with Crippen molar-refractivity contribution in [2.45, 2.75) is 6.54 Å². The van der Waals surface area contributed by atoms with Crippen LogP contribution in [0.25, 0.3) is 0 Å². The van der Waals surface area contributed by atoms with Crippen LogP contribution in [0.3, 0.4) is 0 Å². The van der Waals surface area contributed by atoms with E-state index in [-0.39, 0.29) is 0 Å². The van der Waals surface area contributed by atoms with E-state index in [9.17, 15) is 0 Å². The van der Waals surface area contributed by atoms with Crippen molar-refractivity contribution in [3.63, 3.8) is 0 Å². The summed E-state index contributed by atoms with van der Waals surface area (Å²) in [4.78, 5) is 13.1. The molecule has 0 unspecified atom stereocenters. The number of hydrazine groups is 1. The van der Waals surface area contributed by atoms with Gasteiger partial charge in [0, 0.05) is 11.1 Å². The Balaban J connectivity index is 2.14. The Hall–Kier alpha value is -1.93. The van der Waals surface area contributed by atoms with Crippen LogP contribution in [0.15, 0.2) is 18.0 Å². The van der Waals surface area contributed by atoms with Crippen LogP contribution in [-0.4, -0.2) is 22.1 Å². The van der Waals surface area contributed by atoms with Gasteiger partial charge in [-0.2, -0.15) is 0 Å². The molecule has 0 aliphatic heterocycles. The monoisotopic (exact) mass is 252 g/mol. The number of nitrogens with one attached hydrogen (secondary N) is 2. The molecular weight excluding hydrogens is 240 g/mol. The van der Waals surface area contributed by atoms with Crippen molar-refractivity contribution < 1.29 is 4.74 Å². The van der Waals surface area contributed by atoms with E-state index in [0.29, 0.717) is 23.9 Å². The maximum absolute atomic E-state index is 5.33.